The van der Waals surface area contributed by atoms with Crippen LogP contribution in [0.15, 0.2) is 0 Å². The molecule has 4 unspecified atom stereocenters. The molecular weight excluding hydrogens is 250 g/mol. The first kappa shape index (κ1) is 14.3. The van der Waals surface area contributed by atoms with Gasteiger partial charge in [-0.3, -0.25) is 4.79 Å². The third-order valence-corrected chi connectivity index (χ3v) is 5.44. The molecule has 1 amide bonds. The summed E-state index contributed by atoms with van der Waals surface area (Å²) in [5.41, 5.74) is 0. The number of carbonyl (C=O) groups excluding carboxylic acids is 1. The molecule has 4 atom stereocenters. The third kappa shape index (κ3) is 3.34. The summed E-state index contributed by atoms with van der Waals surface area (Å²) in [5, 5.41) is 6.90. The smallest absolute Gasteiger partial charge is 0.237 e. The molecule has 0 aromatic rings. The highest BCUT2D eigenvalue weighted by Crippen LogP contribution is 2.32. The second kappa shape index (κ2) is 6.44. The van der Waals surface area contributed by atoms with Gasteiger partial charge >= 0.3 is 0 Å². The molecular formula is C16H29N3O. The van der Waals surface area contributed by atoms with E-state index in [1.54, 1.807) is 0 Å². The molecule has 4 nitrogen and oxygen atoms in total. The van der Waals surface area contributed by atoms with Crippen molar-refractivity contribution in [3.8, 4) is 0 Å². The van der Waals surface area contributed by atoms with Gasteiger partial charge in [0, 0.05) is 18.6 Å². The lowest BCUT2D eigenvalue weighted by molar-refractivity contribution is -0.125. The highest BCUT2D eigenvalue weighted by Gasteiger charge is 2.35. The minimum absolute atomic E-state index is 0.0570. The molecule has 0 radical (unpaired) electrons. The summed E-state index contributed by atoms with van der Waals surface area (Å²) in [6.45, 7) is 2.17. The molecule has 0 aromatic heterocycles. The van der Waals surface area contributed by atoms with Crippen LogP contribution in [0, 0.1) is 5.92 Å². The molecule has 4 heteroatoms. The molecule has 2 aliphatic heterocycles. The van der Waals surface area contributed by atoms with Crippen LogP contribution < -0.4 is 10.6 Å². The molecule has 3 fully saturated rings. The van der Waals surface area contributed by atoms with E-state index in [0.29, 0.717) is 12.1 Å². The van der Waals surface area contributed by atoms with Gasteiger partial charge in [-0.1, -0.05) is 12.8 Å². The van der Waals surface area contributed by atoms with Gasteiger partial charge in [-0.25, -0.2) is 0 Å². The molecule has 20 heavy (non-hydrogen) atoms. The molecule has 114 valence electrons. The monoisotopic (exact) mass is 279 g/mol. The first-order valence-corrected chi connectivity index (χ1v) is 8.47. The van der Waals surface area contributed by atoms with Crippen molar-refractivity contribution in [3.05, 3.63) is 0 Å². The highest BCUT2D eigenvalue weighted by atomic mass is 16.2. The lowest BCUT2D eigenvalue weighted by Gasteiger charge is -2.40. The number of likely N-dealkylation sites (N-methyl/N-ethyl adjacent to an activating group) is 1. The van der Waals surface area contributed by atoms with Gasteiger partial charge in [0.25, 0.3) is 0 Å². The number of carbonyl (C=O) groups is 1. The summed E-state index contributed by atoms with van der Waals surface area (Å²) in [6.07, 6.45) is 9.93. The van der Waals surface area contributed by atoms with E-state index in [1.807, 2.05) is 0 Å². The predicted molar refractivity (Wildman–Crippen MR) is 80.6 cm³/mol. The van der Waals surface area contributed by atoms with E-state index in [0.717, 1.165) is 31.8 Å². The van der Waals surface area contributed by atoms with E-state index in [9.17, 15) is 4.79 Å². The molecule has 3 aliphatic rings. The van der Waals surface area contributed by atoms with Gasteiger partial charge in [-0.05, 0) is 58.0 Å². The number of piperidine rings is 2. The van der Waals surface area contributed by atoms with Crippen LogP contribution in [0.3, 0.4) is 0 Å². The van der Waals surface area contributed by atoms with Crippen LogP contribution in [0.4, 0.5) is 0 Å². The van der Waals surface area contributed by atoms with Crippen molar-refractivity contribution in [2.45, 2.75) is 69.5 Å². The van der Waals surface area contributed by atoms with E-state index >= 15 is 0 Å². The average molecular weight is 279 g/mol. The lowest BCUT2D eigenvalue weighted by atomic mass is 9.77. The summed E-state index contributed by atoms with van der Waals surface area (Å²) < 4.78 is 0. The van der Waals surface area contributed by atoms with Crippen LogP contribution in [0.1, 0.15) is 51.4 Å². The summed E-state index contributed by atoms with van der Waals surface area (Å²) in [6, 6.07) is 1.01. The number of fused-ring (bicyclic) bond motifs is 1. The number of amides is 1. The van der Waals surface area contributed by atoms with Crippen LogP contribution in [0.25, 0.3) is 0 Å². The molecule has 2 heterocycles. The normalized spacial score (nSPS) is 39.0. The predicted octanol–water partition coefficient (Wildman–Crippen LogP) is 1.51. The maximum Gasteiger partial charge on any atom is 0.237 e. The number of hydrogen-bond acceptors (Lipinski definition) is 3. The molecule has 1 saturated carbocycles. The van der Waals surface area contributed by atoms with Crippen molar-refractivity contribution in [1.82, 2.24) is 15.5 Å². The van der Waals surface area contributed by atoms with Gasteiger partial charge in [0.15, 0.2) is 0 Å². The van der Waals surface area contributed by atoms with Crippen molar-refractivity contribution in [3.63, 3.8) is 0 Å². The van der Waals surface area contributed by atoms with E-state index in [1.165, 1.54) is 38.5 Å². The molecule has 0 bridgehead atoms. The van der Waals surface area contributed by atoms with Crippen molar-refractivity contribution in [2.75, 3.05) is 20.1 Å². The van der Waals surface area contributed by atoms with Gasteiger partial charge < -0.3 is 15.5 Å². The Kier molecular flexibility index (Phi) is 4.61. The minimum Gasteiger partial charge on any atom is -0.351 e. The molecule has 3 rings (SSSR count). The quantitative estimate of drug-likeness (QED) is 0.805. The van der Waals surface area contributed by atoms with Crippen molar-refractivity contribution in [2.24, 2.45) is 5.92 Å². The fourth-order valence-electron chi connectivity index (χ4n) is 4.29. The van der Waals surface area contributed by atoms with Gasteiger partial charge in [0.2, 0.25) is 5.91 Å². The van der Waals surface area contributed by atoms with Crippen molar-refractivity contribution < 1.29 is 4.79 Å². The number of nitrogens with zero attached hydrogens (tertiary/aromatic N) is 1. The Morgan fingerprint density at radius 2 is 1.95 bits per heavy atom. The first-order valence-electron chi connectivity index (χ1n) is 8.47. The summed E-state index contributed by atoms with van der Waals surface area (Å²) in [7, 11) is 2.14. The third-order valence-electron chi connectivity index (χ3n) is 5.44. The Hall–Kier alpha value is -0.610. The second-order valence-corrected chi connectivity index (χ2v) is 7.06. The fourth-order valence-corrected chi connectivity index (χ4v) is 4.29. The number of nitrogens with one attached hydrogen (secondary N) is 2. The SMILES string of the molecule is CN1CCCC(NC(=O)C2CCC3CCCCC3N2)C1. The standard InChI is InChI=1S/C16H29N3O/c1-19-10-4-6-13(11-19)17-16(20)15-9-8-12-5-2-3-7-14(12)18-15/h12-15,18H,2-11H2,1H3,(H,17,20). The largest absolute Gasteiger partial charge is 0.351 e. The zero-order chi connectivity index (χ0) is 13.9. The maximum absolute atomic E-state index is 12.5. The molecule has 2 N–H and O–H groups in total. The fraction of sp³-hybridized carbons (Fsp3) is 0.938. The van der Waals surface area contributed by atoms with Crippen LogP contribution in [0.5, 0.6) is 0 Å². The van der Waals surface area contributed by atoms with Gasteiger partial charge in [0.05, 0.1) is 6.04 Å². The highest BCUT2D eigenvalue weighted by molar-refractivity contribution is 5.82. The van der Waals surface area contributed by atoms with E-state index in [4.69, 9.17) is 0 Å². The summed E-state index contributed by atoms with van der Waals surface area (Å²) >= 11 is 0. The second-order valence-electron chi connectivity index (χ2n) is 7.06. The first-order chi connectivity index (χ1) is 9.72. The lowest BCUT2D eigenvalue weighted by Crippen LogP contribution is -2.57. The van der Waals surface area contributed by atoms with E-state index in [-0.39, 0.29) is 11.9 Å². The van der Waals surface area contributed by atoms with Gasteiger partial charge in [-0.2, -0.15) is 0 Å². The maximum atomic E-state index is 12.5. The molecule has 0 aromatic carbocycles. The van der Waals surface area contributed by atoms with Gasteiger partial charge in [-0.15, -0.1) is 0 Å². The Labute approximate surface area is 122 Å². The Morgan fingerprint density at radius 1 is 1.10 bits per heavy atom. The summed E-state index contributed by atoms with van der Waals surface area (Å²) in [4.78, 5) is 14.8. The number of hydrogen-bond donors (Lipinski definition) is 2. The zero-order valence-electron chi connectivity index (χ0n) is 12.7. The molecule has 1 aliphatic carbocycles. The Balaban J connectivity index is 1.50. The topological polar surface area (TPSA) is 44.4 Å². The van der Waals surface area contributed by atoms with Crippen LogP contribution >= 0.6 is 0 Å². The van der Waals surface area contributed by atoms with E-state index in [2.05, 4.69) is 22.6 Å². The van der Waals surface area contributed by atoms with Crippen LogP contribution in [-0.2, 0) is 4.79 Å². The van der Waals surface area contributed by atoms with E-state index < -0.39 is 0 Å². The number of likely N-dealkylation sites (tertiary alicyclic amines) is 1. The Bertz CT molecular complexity index is 347. The Morgan fingerprint density at radius 3 is 2.80 bits per heavy atom. The van der Waals surface area contributed by atoms with Crippen molar-refractivity contribution in [1.29, 1.82) is 0 Å². The summed E-state index contributed by atoms with van der Waals surface area (Å²) in [5.74, 6) is 1.07. The zero-order valence-corrected chi connectivity index (χ0v) is 12.7. The molecule has 0 spiro atoms. The minimum atomic E-state index is 0.0570. The van der Waals surface area contributed by atoms with Crippen LogP contribution in [0.2, 0.25) is 0 Å². The van der Waals surface area contributed by atoms with Crippen LogP contribution in [-0.4, -0.2) is 49.1 Å². The number of rotatable bonds is 2. The van der Waals surface area contributed by atoms with Gasteiger partial charge in [0.1, 0.15) is 0 Å². The molecule has 2 saturated heterocycles. The van der Waals surface area contributed by atoms with Crippen molar-refractivity contribution >= 4 is 5.91 Å². The average Bonchev–Trinajstić information content (AvgIpc) is 2.47.